The maximum absolute atomic E-state index is 15.6. The van der Waals surface area contributed by atoms with E-state index in [1.54, 1.807) is 26.1 Å². The van der Waals surface area contributed by atoms with Crippen LogP contribution in [0.2, 0.25) is 0 Å². The number of urea groups is 1. The van der Waals surface area contributed by atoms with E-state index in [0.29, 0.717) is 20.9 Å². The van der Waals surface area contributed by atoms with E-state index < -0.39 is 85.2 Å². The molecule has 2 aliphatic heterocycles. The van der Waals surface area contributed by atoms with Crippen LogP contribution in [0.15, 0.2) is 54.9 Å². The Morgan fingerprint density at radius 2 is 1.81 bits per heavy atom. The molecule has 3 heterocycles. The predicted molar refractivity (Wildman–Crippen MR) is 156 cm³/mol. The van der Waals surface area contributed by atoms with Crippen molar-refractivity contribution in [3.05, 3.63) is 77.4 Å². The number of alkyl halides is 4. The maximum atomic E-state index is 15.6. The molecule has 3 aromatic rings. The van der Waals surface area contributed by atoms with E-state index in [9.17, 15) is 37.2 Å². The zero-order valence-electron chi connectivity index (χ0n) is 25.6. The van der Waals surface area contributed by atoms with Gasteiger partial charge in [-0.15, -0.1) is 0 Å². The zero-order chi connectivity index (χ0) is 34.1. The Kier molecular flexibility index (Phi) is 7.43. The van der Waals surface area contributed by atoms with Gasteiger partial charge < -0.3 is 15.1 Å². The van der Waals surface area contributed by atoms with Gasteiger partial charge in [-0.2, -0.15) is 23.5 Å². The van der Waals surface area contributed by atoms with Gasteiger partial charge in [-0.3, -0.25) is 19.2 Å². The number of nitriles is 1. The summed E-state index contributed by atoms with van der Waals surface area (Å²) in [6.07, 6.45) is -3.88. The Hall–Kier alpha value is -4.84. The molecule has 2 fully saturated rings. The van der Waals surface area contributed by atoms with Gasteiger partial charge >= 0.3 is 12.2 Å². The summed E-state index contributed by atoms with van der Waals surface area (Å²) >= 11 is 0. The molecule has 0 saturated carbocycles. The maximum Gasteiger partial charge on any atom is 0.414 e. The highest BCUT2D eigenvalue weighted by molar-refractivity contribution is 6.10. The van der Waals surface area contributed by atoms with E-state index in [1.165, 1.54) is 47.1 Å². The summed E-state index contributed by atoms with van der Waals surface area (Å²) in [6.45, 7) is 0.691. The minimum atomic E-state index is -4.86. The summed E-state index contributed by atoms with van der Waals surface area (Å²) in [7, 11) is 1.46. The highest BCUT2D eigenvalue weighted by Gasteiger charge is 2.66. The normalized spacial score (nSPS) is 22.2. The molecule has 1 N–H and O–H groups in total. The molecule has 3 aliphatic rings. The average Bonchev–Trinajstić information content (AvgIpc) is 3.67. The summed E-state index contributed by atoms with van der Waals surface area (Å²) in [6, 6.07) is 10.3. The Morgan fingerprint density at radius 3 is 2.43 bits per heavy atom. The van der Waals surface area contributed by atoms with E-state index >= 15 is 4.39 Å². The highest BCUT2D eigenvalue weighted by atomic mass is 19.4. The van der Waals surface area contributed by atoms with Crippen molar-refractivity contribution in [2.45, 2.75) is 55.8 Å². The number of likely N-dealkylation sites (tertiary alicyclic amines) is 1. The lowest BCUT2D eigenvalue weighted by Gasteiger charge is -2.55. The summed E-state index contributed by atoms with van der Waals surface area (Å²) in [4.78, 5) is 43.3. The molecule has 0 unspecified atom stereocenters. The Bertz CT molecular complexity index is 1810. The molecular formula is C32H30F5N7O3. The fraction of sp³-hybridized carbons (Fsp3) is 0.406. The number of carbonyl (C=O) groups is 3. The van der Waals surface area contributed by atoms with Gasteiger partial charge in [0, 0.05) is 37.8 Å². The number of amides is 4. The number of hydrogen-bond acceptors (Lipinski definition) is 6. The lowest BCUT2D eigenvalue weighted by Crippen LogP contribution is -2.77. The monoisotopic (exact) mass is 655 g/mol. The van der Waals surface area contributed by atoms with Gasteiger partial charge in [0.05, 0.1) is 12.3 Å². The number of imide groups is 1. The van der Waals surface area contributed by atoms with Gasteiger partial charge in [0.15, 0.2) is 5.54 Å². The molecule has 1 aromatic heterocycles. The van der Waals surface area contributed by atoms with E-state index in [0.717, 1.165) is 12.1 Å². The number of nitrogens with zero attached hydrogens (tertiary/aromatic N) is 6. The Morgan fingerprint density at radius 1 is 1.13 bits per heavy atom. The largest absolute Gasteiger partial charge is 0.414 e. The van der Waals surface area contributed by atoms with Crippen molar-refractivity contribution < 1.29 is 36.3 Å². The molecule has 0 bridgehead atoms. The molecule has 2 saturated heterocycles. The number of rotatable bonds is 7. The molecular weight excluding hydrogens is 625 g/mol. The zero-order valence-corrected chi connectivity index (χ0v) is 25.6. The fourth-order valence-corrected chi connectivity index (χ4v) is 6.62. The van der Waals surface area contributed by atoms with Crippen LogP contribution in [0.5, 0.6) is 0 Å². The molecule has 2 aromatic carbocycles. The number of nitrogens with one attached hydrogen (secondary N) is 1. The summed E-state index contributed by atoms with van der Waals surface area (Å²) in [5, 5.41) is 16.2. The van der Waals surface area contributed by atoms with Crippen molar-refractivity contribution in [2.75, 3.05) is 26.7 Å². The summed E-state index contributed by atoms with van der Waals surface area (Å²) in [5.74, 6) is -2.72. The van der Waals surface area contributed by atoms with Crippen LogP contribution >= 0.6 is 0 Å². The van der Waals surface area contributed by atoms with Crippen LogP contribution in [0.25, 0.3) is 11.1 Å². The number of hydrogen-bond donors (Lipinski definition) is 1. The van der Waals surface area contributed by atoms with Crippen molar-refractivity contribution in [2.24, 2.45) is 0 Å². The second-order valence-electron chi connectivity index (χ2n) is 12.9. The van der Waals surface area contributed by atoms with Crippen molar-refractivity contribution in [3.63, 3.8) is 0 Å². The first-order valence-electron chi connectivity index (χ1n) is 14.7. The van der Waals surface area contributed by atoms with E-state index in [4.69, 9.17) is 0 Å². The molecule has 1 spiro atoms. The molecule has 1 aliphatic carbocycles. The topological polar surface area (TPSA) is 115 Å². The second kappa shape index (κ2) is 10.9. The smallest absolute Gasteiger partial charge is 0.320 e. The third-order valence-corrected chi connectivity index (χ3v) is 9.23. The number of fused-ring (bicyclic) bond motifs is 2. The fourth-order valence-electron chi connectivity index (χ4n) is 6.62. The second-order valence-corrected chi connectivity index (χ2v) is 12.9. The van der Waals surface area contributed by atoms with Gasteiger partial charge in [0.2, 0.25) is 5.91 Å². The molecule has 2 atom stereocenters. The van der Waals surface area contributed by atoms with Crippen LogP contribution in [0.1, 0.15) is 43.1 Å². The minimum Gasteiger partial charge on any atom is -0.320 e. The lowest BCUT2D eigenvalue weighted by molar-refractivity contribution is -0.268. The van der Waals surface area contributed by atoms with E-state index in [1.807, 2.05) is 0 Å². The number of likely N-dealkylation sites (N-methyl/N-ethyl adjacent to an activating group) is 1. The Balaban J connectivity index is 1.29. The van der Waals surface area contributed by atoms with Crippen LogP contribution in [-0.4, -0.2) is 80.7 Å². The molecule has 15 heteroatoms. The summed E-state index contributed by atoms with van der Waals surface area (Å²) < 4.78 is 74.3. The standard InChI is InChI=1S/C32H30F5N7O3/c1-29(2,16-38)44-14-21(12-39-44)20-6-9-24-23(10-20)25(34)11-31(24)27(46)42(28(47)40-31)15-26(45)43(13-19-4-7-22(33)8-5-19)30(32(35,36)37)17-41(3)18-30/h4-10,12,14,25H,11,13,15,17-18H2,1-3H3,(H,40,47)/t25-,31+/m1/s1. The van der Waals surface area contributed by atoms with E-state index in [-0.39, 0.29) is 16.7 Å². The van der Waals surface area contributed by atoms with Crippen LogP contribution in [0, 0.1) is 17.1 Å². The number of halogens is 5. The van der Waals surface area contributed by atoms with Crippen molar-refractivity contribution >= 4 is 17.8 Å². The first kappa shape index (κ1) is 32.1. The van der Waals surface area contributed by atoms with Crippen LogP contribution in [0.3, 0.4) is 0 Å². The third-order valence-electron chi connectivity index (χ3n) is 9.23. The first-order valence-corrected chi connectivity index (χ1v) is 14.7. The van der Waals surface area contributed by atoms with Gasteiger partial charge in [-0.25, -0.2) is 13.6 Å². The van der Waals surface area contributed by atoms with Gasteiger partial charge in [0.25, 0.3) is 5.91 Å². The number of aromatic nitrogens is 2. The molecule has 10 nitrogen and oxygen atoms in total. The van der Waals surface area contributed by atoms with Crippen molar-refractivity contribution in [1.82, 2.24) is 29.8 Å². The predicted octanol–water partition coefficient (Wildman–Crippen LogP) is 4.38. The van der Waals surface area contributed by atoms with Gasteiger partial charge in [0.1, 0.15) is 29.6 Å². The molecule has 47 heavy (non-hydrogen) atoms. The van der Waals surface area contributed by atoms with Crippen LogP contribution < -0.4 is 5.32 Å². The number of carbonyl (C=O) groups excluding carboxylic acids is 3. The quantitative estimate of drug-likeness (QED) is 0.299. The molecule has 6 rings (SSSR count). The number of benzene rings is 2. The van der Waals surface area contributed by atoms with Crippen LogP contribution in [0.4, 0.5) is 26.7 Å². The highest BCUT2D eigenvalue weighted by Crippen LogP contribution is 2.50. The average molecular weight is 656 g/mol. The molecule has 246 valence electrons. The lowest BCUT2D eigenvalue weighted by atomic mass is 9.86. The van der Waals surface area contributed by atoms with Crippen molar-refractivity contribution in [1.29, 1.82) is 5.26 Å². The minimum absolute atomic E-state index is 0.128. The molecule has 4 amide bonds. The van der Waals surface area contributed by atoms with E-state index in [2.05, 4.69) is 16.5 Å². The molecule has 0 radical (unpaired) electrons. The SMILES string of the molecule is CN1CC(N(Cc2ccc(F)cc2)C(=O)CN2C(=O)N[C@]3(C[C@@H](F)c4cc(-c5cnn(C(C)(C)C#N)c5)ccc43)C2=O)(C(F)(F)F)C1. The van der Waals surface area contributed by atoms with Crippen molar-refractivity contribution in [3.8, 4) is 17.2 Å². The van der Waals surface area contributed by atoms with Gasteiger partial charge in [-0.05, 0) is 61.3 Å². The van der Waals surface area contributed by atoms with Crippen LogP contribution in [-0.2, 0) is 27.2 Å². The van der Waals surface area contributed by atoms with Gasteiger partial charge in [-0.1, -0.05) is 24.3 Å². The first-order chi connectivity index (χ1) is 22.0. The summed E-state index contributed by atoms with van der Waals surface area (Å²) in [5.41, 5.74) is -3.77. The third kappa shape index (κ3) is 5.11. The Labute approximate surface area is 266 Å².